The molecular weight excluding hydrogens is 596 g/mol. The molecule has 1 saturated heterocycles. The quantitative estimate of drug-likeness (QED) is 0.0934. The molecule has 6 rings (SSSR count). The van der Waals surface area contributed by atoms with Gasteiger partial charge in [-0.05, 0) is 95.0 Å². The lowest BCUT2D eigenvalue weighted by molar-refractivity contribution is -0.138. The third-order valence-corrected chi connectivity index (χ3v) is 9.40. The van der Waals surface area contributed by atoms with E-state index in [0.717, 1.165) is 53.6 Å². The van der Waals surface area contributed by atoms with Crippen molar-refractivity contribution in [3.05, 3.63) is 125 Å². The second-order valence-electron chi connectivity index (χ2n) is 13.7. The van der Waals surface area contributed by atoms with Gasteiger partial charge in [0.25, 0.3) is 5.91 Å². The SMILES string of the molecule is CC1(C)CCCN(CCCOc2ccc(C3=CCN(C(=O)c4ccc(C=CC(=O)OCc5ccccc5)c5ccccc45)CC3)cc2)C1. The van der Waals surface area contributed by atoms with E-state index < -0.39 is 5.97 Å². The number of ether oxygens (including phenoxy) is 2. The van der Waals surface area contributed by atoms with Crippen molar-refractivity contribution in [1.29, 1.82) is 0 Å². The third-order valence-electron chi connectivity index (χ3n) is 9.40. The lowest BCUT2D eigenvalue weighted by atomic mass is 9.84. The number of hydrogen-bond donors (Lipinski definition) is 0. The molecule has 0 aromatic heterocycles. The van der Waals surface area contributed by atoms with Crippen molar-refractivity contribution in [2.45, 2.75) is 46.1 Å². The van der Waals surface area contributed by atoms with Crippen LogP contribution in [0.4, 0.5) is 0 Å². The molecule has 2 aliphatic rings. The van der Waals surface area contributed by atoms with E-state index in [-0.39, 0.29) is 12.5 Å². The van der Waals surface area contributed by atoms with E-state index in [1.807, 2.05) is 71.6 Å². The van der Waals surface area contributed by atoms with Gasteiger partial charge in [0.15, 0.2) is 0 Å². The van der Waals surface area contributed by atoms with E-state index in [4.69, 9.17) is 9.47 Å². The zero-order valence-corrected chi connectivity index (χ0v) is 28.2. The van der Waals surface area contributed by atoms with Crippen molar-refractivity contribution < 1.29 is 19.1 Å². The fraction of sp³-hybridized carbons (Fsp3) is 0.333. The van der Waals surface area contributed by atoms with Crippen LogP contribution in [0.15, 0.2) is 103 Å². The molecule has 0 saturated carbocycles. The number of likely N-dealkylation sites (tertiary alicyclic amines) is 1. The molecule has 6 nitrogen and oxygen atoms in total. The van der Waals surface area contributed by atoms with Gasteiger partial charge in [-0.3, -0.25) is 4.79 Å². The van der Waals surface area contributed by atoms with E-state index in [0.29, 0.717) is 24.1 Å². The van der Waals surface area contributed by atoms with Gasteiger partial charge in [0, 0.05) is 37.8 Å². The van der Waals surface area contributed by atoms with Gasteiger partial charge in [0.1, 0.15) is 12.4 Å². The van der Waals surface area contributed by atoms with Crippen molar-refractivity contribution in [1.82, 2.24) is 9.80 Å². The minimum atomic E-state index is -0.409. The summed E-state index contributed by atoms with van der Waals surface area (Å²) in [6.45, 7) is 10.4. The minimum Gasteiger partial charge on any atom is -0.494 e. The Hall–Kier alpha value is -4.68. The number of carbonyl (C=O) groups excluding carboxylic acids is 2. The Morgan fingerprint density at radius 1 is 0.875 bits per heavy atom. The Morgan fingerprint density at radius 3 is 2.40 bits per heavy atom. The molecule has 2 aliphatic heterocycles. The Balaban J connectivity index is 1.02. The lowest BCUT2D eigenvalue weighted by Crippen LogP contribution is -2.40. The molecule has 0 aliphatic carbocycles. The van der Waals surface area contributed by atoms with Gasteiger partial charge in [-0.1, -0.05) is 92.7 Å². The third kappa shape index (κ3) is 8.61. The van der Waals surface area contributed by atoms with Crippen LogP contribution in [0, 0.1) is 5.41 Å². The van der Waals surface area contributed by atoms with E-state index in [1.165, 1.54) is 43.1 Å². The maximum Gasteiger partial charge on any atom is 0.331 e. The Kier molecular flexibility index (Phi) is 10.7. The van der Waals surface area contributed by atoms with Crippen molar-refractivity contribution in [2.24, 2.45) is 5.41 Å². The van der Waals surface area contributed by atoms with Gasteiger partial charge in [0.05, 0.1) is 6.61 Å². The summed E-state index contributed by atoms with van der Waals surface area (Å²) in [5, 5.41) is 1.79. The molecule has 0 N–H and O–H groups in total. The molecule has 48 heavy (non-hydrogen) atoms. The van der Waals surface area contributed by atoms with Crippen LogP contribution in [0.3, 0.4) is 0 Å². The zero-order valence-electron chi connectivity index (χ0n) is 28.2. The van der Waals surface area contributed by atoms with Crippen molar-refractivity contribution in [3.63, 3.8) is 0 Å². The monoisotopic (exact) mass is 642 g/mol. The summed E-state index contributed by atoms with van der Waals surface area (Å²) >= 11 is 0. The van der Waals surface area contributed by atoms with Crippen LogP contribution >= 0.6 is 0 Å². The average molecular weight is 643 g/mol. The van der Waals surface area contributed by atoms with Crippen LogP contribution in [0.25, 0.3) is 22.4 Å². The maximum absolute atomic E-state index is 13.7. The number of benzene rings is 4. The summed E-state index contributed by atoms with van der Waals surface area (Å²) in [6, 6.07) is 29.6. The first kappa shape index (κ1) is 33.2. The van der Waals surface area contributed by atoms with Crippen molar-refractivity contribution >= 4 is 34.3 Å². The standard InChI is InChI=1S/C42H46N2O4/c1-42(2)24-8-25-43(31-42)26-9-29-47-36-18-14-33(15-19-36)34-22-27-44(28-23-34)41(46)39-20-16-35(37-12-6-7-13-38(37)39)17-21-40(45)48-30-32-10-4-3-5-11-32/h3-7,10-22H,8-9,23-31H2,1-2H3. The molecule has 0 unspecified atom stereocenters. The van der Waals surface area contributed by atoms with Gasteiger partial charge in [0.2, 0.25) is 0 Å². The molecule has 0 spiro atoms. The molecular formula is C42H46N2O4. The number of amides is 1. The topological polar surface area (TPSA) is 59.1 Å². The molecule has 0 atom stereocenters. The second kappa shape index (κ2) is 15.5. The second-order valence-corrected chi connectivity index (χ2v) is 13.7. The highest BCUT2D eigenvalue weighted by Gasteiger charge is 2.26. The Morgan fingerprint density at radius 2 is 1.65 bits per heavy atom. The van der Waals surface area contributed by atoms with Gasteiger partial charge in [-0.25, -0.2) is 4.79 Å². The molecule has 4 aromatic rings. The fourth-order valence-corrected chi connectivity index (χ4v) is 6.85. The number of rotatable bonds is 11. The fourth-order valence-electron chi connectivity index (χ4n) is 6.85. The van der Waals surface area contributed by atoms with Gasteiger partial charge in [-0.15, -0.1) is 0 Å². The van der Waals surface area contributed by atoms with Gasteiger partial charge < -0.3 is 19.3 Å². The van der Waals surface area contributed by atoms with E-state index in [2.05, 4.69) is 49.1 Å². The Labute approximate surface area is 284 Å². The van der Waals surface area contributed by atoms with Crippen LogP contribution in [0.2, 0.25) is 0 Å². The van der Waals surface area contributed by atoms with E-state index in [9.17, 15) is 9.59 Å². The summed E-state index contributed by atoms with van der Waals surface area (Å²) < 4.78 is 11.5. The van der Waals surface area contributed by atoms with Gasteiger partial charge in [-0.2, -0.15) is 0 Å². The number of nitrogens with zero attached hydrogens (tertiary/aromatic N) is 2. The summed E-state index contributed by atoms with van der Waals surface area (Å²) in [4.78, 5) is 30.6. The summed E-state index contributed by atoms with van der Waals surface area (Å²) in [6.07, 6.45) is 9.80. The van der Waals surface area contributed by atoms with E-state index >= 15 is 0 Å². The van der Waals surface area contributed by atoms with Crippen LogP contribution in [-0.4, -0.2) is 61.0 Å². The van der Waals surface area contributed by atoms with Crippen molar-refractivity contribution in [3.8, 4) is 5.75 Å². The maximum atomic E-state index is 13.7. The molecule has 6 heteroatoms. The predicted octanol–water partition coefficient (Wildman–Crippen LogP) is 8.42. The first-order valence-corrected chi connectivity index (χ1v) is 17.2. The average Bonchev–Trinajstić information content (AvgIpc) is 3.11. The first-order valence-electron chi connectivity index (χ1n) is 17.2. The summed E-state index contributed by atoms with van der Waals surface area (Å²) in [5.74, 6) is 0.505. The highest BCUT2D eigenvalue weighted by Crippen LogP contribution is 2.30. The number of carbonyl (C=O) groups is 2. The molecule has 2 heterocycles. The molecule has 0 radical (unpaired) electrons. The predicted molar refractivity (Wildman–Crippen MR) is 194 cm³/mol. The first-order chi connectivity index (χ1) is 23.3. The van der Waals surface area contributed by atoms with E-state index in [1.54, 1.807) is 6.08 Å². The molecule has 4 aromatic carbocycles. The number of hydrogen-bond acceptors (Lipinski definition) is 5. The zero-order chi connectivity index (χ0) is 33.3. The van der Waals surface area contributed by atoms with Crippen LogP contribution < -0.4 is 4.74 Å². The minimum absolute atomic E-state index is 0.0103. The number of esters is 1. The normalized spacial score (nSPS) is 16.5. The largest absolute Gasteiger partial charge is 0.494 e. The number of fused-ring (bicyclic) bond motifs is 1. The van der Waals surface area contributed by atoms with Crippen LogP contribution in [0.5, 0.6) is 5.75 Å². The molecule has 248 valence electrons. The highest BCUT2D eigenvalue weighted by molar-refractivity contribution is 6.09. The molecule has 0 bridgehead atoms. The van der Waals surface area contributed by atoms with Crippen molar-refractivity contribution in [2.75, 3.05) is 39.3 Å². The lowest BCUT2D eigenvalue weighted by Gasteiger charge is -2.38. The highest BCUT2D eigenvalue weighted by atomic mass is 16.5. The molecule has 1 fully saturated rings. The smallest absolute Gasteiger partial charge is 0.331 e. The van der Waals surface area contributed by atoms with Crippen LogP contribution in [-0.2, 0) is 16.1 Å². The van der Waals surface area contributed by atoms with Gasteiger partial charge >= 0.3 is 5.97 Å². The Bertz CT molecular complexity index is 1770. The number of piperidine rings is 1. The summed E-state index contributed by atoms with van der Waals surface area (Å²) in [5.41, 5.74) is 5.31. The summed E-state index contributed by atoms with van der Waals surface area (Å²) in [7, 11) is 0. The van der Waals surface area contributed by atoms with Crippen LogP contribution in [0.1, 0.15) is 66.6 Å². The molecule has 1 amide bonds.